The van der Waals surface area contributed by atoms with E-state index < -0.39 is 10.1 Å². The number of fused-ring (bicyclic) bond motifs is 1. The molecule has 3 aromatic rings. The summed E-state index contributed by atoms with van der Waals surface area (Å²) in [4.78, 5) is 0.889. The molecule has 1 aromatic heterocycles. The largest absolute Gasteiger partial charge is 0.351 e. The lowest BCUT2D eigenvalue weighted by Crippen LogP contribution is -2.19. The van der Waals surface area contributed by atoms with Crippen LogP contribution in [0.3, 0.4) is 0 Å². The lowest BCUT2D eigenvalue weighted by molar-refractivity contribution is 0.249. The summed E-state index contributed by atoms with van der Waals surface area (Å²) in [5.41, 5.74) is 1.79. The van der Waals surface area contributed by atoms with Crippen molar-refractivity contribution in [2.45, 2.75) is 0 Å². The third kappa shape index (κ3) is 3.09. The minimum Gasteiger partial charge on any atom is -0.264 e. The molecule has 0 unspecified atom stereocenters. The summed E-state index contributed by atoms with van der Waals surface area (Å²) < 4.78 is 28.7. The fourth-order valence-corrected chi connectivity index (χ4v) is 2.43. The predicted molar refractivity (Wildman–Crippen MR) is 78.5 cm³/mol. The summed E-state index contributed by atoms with van der Waals surface area (Å²) in [5.74, 6) is 0. The topological polar surface area (TPSA) is 74.1 Å². The fourth-order valence-electron chi connectivity index (χ4n) is 1.75. The van der Waals surface area contributed by atoms with Gasteiger partial charge in [-0.05, 0) is 29.0 Å². The second kappa shape index (κ2) is 5.37. The third-order valence-corrected chi connectivity index (χ3v) is 3.54. The number of aromatic nitrogens is 3. The number of nitrogens with zero attached hydrogens (tertiary/aromatic N) is 3. The average Bonchev–Trinajstić information content (AvgIpc) is 2.89. The Hall–Kier alpha value is -2.67. The summed E-state index contributed by atoms with van der Waals surface area (Å²) in [6.07, 6.45) is 1.45. The van der Waals surface area contributed by atoms with Crippen LogP contribution >= 0.6 is 0 Å². The van der Waals surface area contributed by atoms with Crippen LogP contribution in [0.15, 0.2) is 60.0 Å². The van der Waals surface area contributed by atoms with Gasteiger partial charge < -0.3 is 0 Å². The van der Waals surface area contributed by atoms with E-state index in [1.807, 2.05) is 18.2 Å². The quantitative estimate of drug-likeness (QED) is 0.735. The molecule has 0 atom stereocenters. The molecule has 0 spiro atoms. The van der Waals surface area contributed by atoms with Crippen LogP contribution in [-0.4, -0.2) is 23.6 Å². The molecule has 0 aliphatic heterocycles. The molecule has 21 heavy (non-hydrogen) atoms. The molecule has 0 saturated heterocycles. The Labute approximate surface area is 121 Å². The number of benzene rings is 2. The molecule has 0 bridgehead atoms. The highest BCUT2D eigenvalue weighted by atomic mass is 32.2. The summed E-state index contributed by atoms with van der Waals surface area (Å²) in [6, 6.07) is 16.0. The lowest BCUT2D eigenvalue weighted by atomic mass is 10.2. The maximum absolute atomic E-state index is 11.9. The number of para-hydroxylation sites is 1. The van der Waals surface area contributed by atoms with Gasteiger partial charge in [0.25, 0.3) is 0 Å². The van der Waals surface area contributed by atoms with Crippen LogP contribution in [0, 0.1) is 0 Å². The molecule has 2 aromatic carbocycles. The Morgan fingerprint density at radius 2 is 1.71 bits per heavy atom. The highest BCUT2D eigenvalue weighted by Gasteiger charge is 2.12. The van der Waals surface area contributed by atoms with E-state index in [1.165, 1.54) is 6.08 Å². The van der Waals surface area contributed by atoms with Crippen LogP contribution < -0.4 is 4.28 Å². The van der Waals surface area contributed by atoms with E-state index >= 15 is 0 Å². The van der Waals surface area contributed by atoms with Gasteiger partial charge in [0.2, 0.25) is 0 Å². The minimum absolute atomic E-state index is 0.481. The molecule has 7 heteroatoms. The highest BCUT2D eigenvalue weighted by Crippen LogP contribution is 2.10. The molecule has 106 valence electrons. The monoisotopic (exact) mass is 301 g/mol. The minimum atomic E-state index is -3.91. The molecule has 3 rings (SSSR count). The van der Waals surface area contributed by atoms with Crippen LogP contribution in [-0.2, 0) is 10.1 Å². The predicted octanol–water partition coefficient (Wildman–Crippen LogP) is 1.86. The molecule has 0 saturated carbocycles. The molecule has 0 aliphatic carbocycles. The van der Waals surface area contributed by atoms with Gasteiger partial charge in [0.1, 0.15) is 11.0 Å². The Bertz CT molecular complexity index is 886. The third-order valence-electron chi connectivity index (χ3n) is 2.72. The van der Waals surface area contributed by atoms with Crippen molar-refractivity contribution >= 4 is 27.2 Å². The first-order chi connectivity index (χ1) is 10.1. The van der Waals surface area contributed by atoms with E-state index in [1.54, 1.807) is 36.4 Å². The Balaban J connectivity index is 1.85. The van der Waals surface area contributed by atoms with E-state index in [4.69, 9.17) is 4.28 Å². The van der Waals surface area contributed by atoms with Crippen molar-refractivity contribution in [2.24, 2.45) is 0 Å². The first-order valence-corrected chi connectivity index (χ1v) is 7.60. The number of hydrogen-bond acceptors (Lipinski definition) is 5. The maximum atomic E-state index is 11.9. The smallest absolute Gasteiger partial charge is 0.264 e. The van der Waals surface area contributed by atoms with Crippen molar-refractivity contribution in [3.8, 4) is 0 Å². The Morgan fingerprint density at radius 3 is 2.52 bits per heavy atom. The van der Waals surface area contributed by atoms with Crippen LogP contribution in [0.1, 0.15) is 5.56 Å². The number of rotatable bonds is 4. The summed E-state index contributed by atoms with van der Waals surface area (Å²) >= 11 is 0. The van der Waals surface area contributed by atoms with Crippen molar-refractivity contribution in [3.05, 3.63) is 65.6 Å². The zero-order valence-corrected chi connectivity index (χ0v) is 11.6. The van der Waals surface area contributed by atoms with Crippen molar-refractivity contribution < 1.29 is 12.7 Å². The lowest BCUT2D eigenvalue weighted by Gasteiger charge is -2.01. The zero-order valence-electron chi connectivity index (χ0n) is 10.8. The van der Waals surface area contributed by atoms with Gasteiger partial charge in [-0.25, -0.2) is 0 Å². The second-order valence-electron chi connectivity index (χ2n) is 4.23. The Morgan fingerprint density at radius 1 is 1.00 bits per heavy atom. The van der Waals surface area contributed by atoms with Crippen molar-refractivity contribution in [1.82, 2.24) is 15.2 Å². The van der Waals surface area contributed by atoms with E-state index in [9.17, 15) is 8.42 Å². The molecule has 1 heterocycles. The molecule has 0 fully saturated rings. The molecule has 0 aliphatic rings. The molecule has 0 amide bonds. The van der Waals surface area contributed by atoms with E-state index in [0.717, 1.165) is 15.8 Å². The molecular formula is C14H11N3O3S. The average molecular weight is 301 g/mol. The van der Waals surface area contributed by atoms with Gasteiger partial charge in [0, 0.05) is 0 Å². The summed E-state index contributed by atoms with van der Waals surface area (Å²) in [6.45, 7) is 0. The first-order valence-electron chi connectivity index (χ1n) is 6.13. The van der Waals surface area contributed by atoms with Crippen molar-refractivity contribution in [1.29, 1.82) is 0 Å². The molecule has 6 nitrogen and oxygen atoms in total. The first kappa shape index (κ1) is 13.3. The van der Waals surface area contributed by atoms with E-state index in [2.05, 4.69) is 10.3 Å². The summed E-state index contributed by atoms with van der Waals surface area (Å²) in [5, 5.41) is 8.47. The fraction of sp³-hybridized carbons (Fsp3) is 0. The van der Waals surface area contributed by atoms with Gasteiger partial charge in [-0.2, -0.15) is 8.42 Å². The zero-order chi connectivity index (χ0) is 14.7. The SMILES string of the molecule is O=S(=O)(/C=C/c1ccccc1)On1nnc2ccccc21. The van der Waals surface area contributed by atoms with E-state index in [0.29, 0.717) is 11.0 Å². The summed E-state index contributed by atoms with van der Waals surface area (Å²) in [7, 11) is -3.91. The van der Waals surface area contributed by atoms with Gasteiger partial charge in [0.05, 0.1) is 5.41 Å². The van der Waals surface area contributed by atoms with Gasteiger partial charge in [-0.1, -0.05) is 47.3 Å². The normalized spacial score (nSPS) is 12.0. The second-order valence-corrected chi connectivity index (χ2v) is 5.64. The van der Waals surface area contributed by atoms with Gasteiger partial charge in [-0.3, -0.25) is 4.28 Å². The van der Waals surface area contributed by atoms with Crippen LogP contribution in [0.4, 0.5) is 0 Å². The van der Waals surface area contributed by atoms with Crippen LogP contribution in [0.5, 0.6) is 0 Å². The van der Waals surface area contributed by atoms with Gasteiger partial charge in [-0.15, -0.1) is 5.10 Å². The van der Waals surface area contributed by atoms with Crippen molar-refractivity contribution in [2.75, 3.05) is 0 Å². The van der Waals surface area contributed by atoms with E-state index in [-0.39, 0.29) is 0 Å². The maximum Gasteiger partial charge on any atom is 0.351 e. The Kier molecular flexibility index (Phi) is 3.41. The number of hydrogen-bond donors (Lipinski definition) is 0. The van der Waals surface area contributed by atoms with Gasteiger partial charge >= 0.3 is 10.1 Å². The van der Waals surface area contributed by atoms with Crippen LogP contribution in [0.2, 0.25) is 0 Å². The van der Waals surface area contributed by atoms with Crippen molar-refractivity contribution in [3.63, 3.8) is 0 Å². The molecule has 0 N–H and O–H groups in total. The van der Waals surface area contributed by atoms with Gasteiger partial charge in [0.15, 0.2) is 0 Å². The molecular weight excluding hydrogens is 290 g/mol. The molecule has 0 radical (unpaired) electrons. The standard InChI is InChI=1S/C14H11N3O3S/c18-21(19,11-10-12-6-2-1-3-7-12)20-17-14-9-5-4-8-13(14)15-16-17/h1-11H/b11-10+. The highest BCUT2D eigenvalue weighted by molar-refractivity contribution is 7.90. The van der Waals surface area contributed by atoms with Crippen LogP contribution in [0.25, 0.3) is 17.1 Å².